The molecular weight excluding hydrogens is 348 g/mol. The molecule has 0 heterocycles. The van der Waals surface area contributed by atoms with Gasteiger partial charge in [-0.25, -0.2) is 4.79 Å². The van der Waals surface area contributed by atoms with Gasteiger partial charge in [-0.2, -0.15) is 0 Å². The molecule has 0 radical (unpaired) electrons. The molecule has 1 saturated carbocycles. The summed E-state index contributed by atoms with van der Waals surface area (Å²) in [6.45, 7) is 3.85. The molecule has 0 aromatic heterocycles. The highest BCUT2D eigenvalue weighted by atomic mass is 16.6. The number of methoxy groups -OCH3 is 3. The summed E-state index contributed by atoms with van der Waals surface area (Å²) in [5.41, 5.74) is -0.311. The topological polar surface area (TPSA) is 82.1 Å². The normalized spacial score (nSPS) is 33.3. The van der Waals surface area contributed by atoms with Gasteiger partial charge in [0.1, 0.15) is 5.60 Å². The Kier molecular flexibility index (Phi) is 5.08. The Morgan fingerprint density at radius 1 is 1.22 bits per heavy atom. The van der Waals surface area contributed by atoms with E-state index in [2.05, 4.69) is 0 Å². The van der Waals surface area contributed by atoms with E-state index in [1.54, 1.807) is 7.11 Å². The minimum Gasteiger partial charge on any atom is -0.504 e. The quantitative estimate of drug-likeness (QED) is 0.760. The van der Waals surface area contributed by atoms with Gasteiger partial charge >= 0.3 is 5.97 Å². The van der Waals surface area contributed by atoms with Crippen molar-refractivity contribution in [1.82, 2.24) is 0 Å². The maximum absolute atomic E-state index is 12.8. The molecule has 3 atom stereocenters. The highest BCUT2D eigenvalue weighted by molar-refractivity contribution is 6.10. The smallest absolute Gasteiger partial charge is 0.338 e. The van der Waals surface area contributed by atoms with Crippen LogP contribution in [0.2, 0.25) is 0 Å². The number of ketones is 1. The molecule has 0 saturated heterocycles. The third kappa shape index (κ3) is 2.61. The fourth-order valence-corrected chi connectivity index (χ4v) is 5.08. The highest BCUT2D eigenvalue weighted by Gasteiger charge is 2.63. The van der Waals surface area contributed by atoms with E-state index in [0.29, 0.717) is 36.8 Å². The first kappa shape index (κ1) is 19.8. The van der Waals surface area contributed by atoms with Crippen LogP contribution in [0.1, 0.15) is 39.5 Å². The molecular formula is C21H28O6. The molecule has 6 heteroatoms. The molecule has 3 aliphatic rings. The summed E-state index contributed by atoms with van der Waals surface area (Å²) in [6.07, 6.45) is 6.07. The summed E-state index contributed by atoms with van der Waals surface area (Å²) in [6, 6.07) is 0. The van der Waals surface area contributed by atoms with Crippen LogP contribution in [0.25, 0.3) is 0 Å². The molecule has 0 bridgehead atoms. The molecule has 1 unspecified atom stereocenters. The first-order valence-electron chi connectivity index (χ1n) is 9.38. The fourth-order valence-electron chi connectivity index (χ4n) is 5.08. The van der Waals surface area contributed by atoms with Crippen molar-refractivity contribution in [3.8, 4) is 0 Å². The van der Waals surface area contributed by atoms with E-state index < -0.39 is 23.1 Å². The number of fused-ring (bicyclic) bond motifs is 3. The summed E-state index contributed by atoms with van der Waals surface area (Å²) in [5, 5.41) is 10.9. The van der Waals surface area contributed by atoms with Crippen LogP contribution in [-0.2, 0) is 23.8 Å². The van der Waals surface area contributed by atoms with Crippen molar-refractivity contribution in [3.05, 3.63) is 34.6 Å². The zero-order chi connectivity index (χ0) is 20.0. The minimum atomic E-state index is -1.18. The monoisotopic (exact) mass is 376 g/mol. The Labute approximate surface area is 159 Å². The summed E-state index contributed by atoms with van der Waals surface area (Å²) >= 11 is 0. The molecule has 148 valence electrons. The van der Waals surface area contributed by atoms with Crippen LogP contribution >= 0.6 is 0 Å². The van der Waals surface area contributed by atoms with Crippen LogP contribution in [0.5, 0.6) is 0 Å². The van der Waals surface area contributed by atoms with Crippen LogP contribution in [0, 0.1) is 11.8 Å². The van der Waals surface area contributed by atoms with Crippen LogP contribution in [0.3, 0.4) is 0 Å². The minimum absolute atomic E-state index is 0.00203. The number of aliphatic hydroxyl groups is 1. The Morgan fingerprint density at radius 2 is 1.93 bits per heavy atom. The zero-order valence-corrected chi connectivity index (χ0v) is 16.6. The number of hydrogen-bond donors (Lipinski definition) is 1. The lowest BCUT2D eigenvalue weighted by Gasteiger charge is -2.54. The zero-order valence-electron chi connectivity index (χ0n) is 16.6. The predicted octanol–water partition coefficient (Wildman–Crippen LogP) is 3.04. The second-order valence-electron chi connectivity index (χ2n) is 7.79. The molecule has 3 rings (SSSR count). The van der Waals surface area contributed by atoms with Gasteiger partial charge in [0.2, 0.25) is 5.78 Å². The summed E-state index contributed by atoms with van der Waals surface area (Å²) in [7, 11) is 4.40. The van der Waals surface area contributed by atoms with Gasteiger partial charge in [0, 0.05) is 31.3 Å². The van der Waals surface area contributed by atoms with Gasteiger partial charge in [-0.15, -0.1) is 0 Å². The van der Waals surface area contributed by atoms with Crippen LogP contribution < -0.4 is 0 Å². The second kappa shape index (κ2) is 6.91. The second-order valence-corrected chi connectivity index (χ2v) is 7.79. The SMILES string of the molecule is COC(=O)[C@@]1(OC)CCC[C@@]2(OC)C3=C(O)C(=O)C(C(C)C)=CC3=CCC12. The van der Waals surface area contributed by atoms with Crippen molar-refractivity contribution in [2.24, 2.45) is 11.8 Å². The largest absolute Gasteiger partial charge is 0.504 e. The van der Waals surface area contributed by atoms with Crippen molar-refractivity contribution in [1.29, 1.82) is 0 Å². The Morgan fingerprint density at radius 3 is 2.48 bits per heavy atom. The molecule has 0 amide bonds. The summed E-state index contributed by atoms with van der Waals surface area (Å²) < 4.78 is 16.8. The number of rotatable bonds is 4. The van der Waals surface area contributed by atoms with E-state index in [1.165, 1.54) is 14.2 Å². The molecule has 0 aromatic rings. The highest BCUT2D eigenvalue weighted by Crippen LogP contribution is 2.56. The van der Waals surface area contributed by atoms with Crippen molar-refractivity contribution >= 4 is 11.8 Å². The van der Waals surface area contributed by atoms with Gasteiger partial charge in [0.15, 0.2) is 11.4 Å². The Balaban J connectivity index is 2.22. The van der Waals surface area contributed by atoms with E-state index in [-0.39, 0.29) is 17.5 Å². The van der Waals surface area contributed by atoms with Crippen LogP contribution in [0.4, 0.5) is 0 Å². The Bertz CT molecular complexity index is 759. The van der Waals surface area contributed by atoms with Crippen molar-refractivity contribution in [2.45, 2.75) is 50.7 Å². The van der Waals surface area contributed by atoms with Gasteiger partial charge in [-0.1, -0.05) is 19.9 Å². The maximum atomic E-state index is 12.8. The number of Topliss-reactive ketones (excluding diaryl/α,β-unsaturated/α-hetero) is 1. The number of allylic oxidation sites excluding steroid dienone is 3. The number of aliphatic hydroxyl groups excluding tert-OH is 1. The van der Waals surface area contributed by atoms with Crippen LogP contribution in [0.15, 0.2) is 34.6 Å². The lowest BCUT2D eigenvalue weighted by molar-refractivity contribution is -0.203. The van der Waals surface area contributed by atoms with E-state index in [1.807, 2.05) is 26.0 Å². The molecule has 0 aromatic carbocycles. The summed E-state index contributed by atoms with van der Waals surface area (Å²) in [4.78, 5) is 25.5. The van der Waals surface area contributed by atoms with E-state index >= 15 is 0 Å². The fraction of sp³-hybridized carbons (Fsp3) is 0.619. The summed E-state index contributed by atoms with van der Waals surface area (Å²) in [5.74, 6) is -1.51. The number of esters is 1. The number of carbonyl (C=O) groups is 2. The van der Waals surface area contributed by atoms with Crippen molar-refractivity contribution in [3.63, 3.8) is 0 Å². The number of hydrogen-bond acceptors (Lipinski definition) is 6. The standard InChI is InChI=1S/C21H28O6/c1-12(2)14-11-13-7-8-15-20(26-4,16(13)18(23)17(14)22)9-6-10-21(15,27-5)19(24)25-3/h7,11-12,15,23H,6,8-10H2,1-5H3/t15?,20-,21+/m0/s1. The van der Waals surface area contributed by atoms with Gasteiger partial charge < -0.3 is 19.3 Å². The van der Waals surface area contributed by atoms with Gasteiger partial charge in [0.25, 0.3) is 0 Å². The van der Waals surface area contributed by atoms with Gasteiger partial charge in [0.05, 0.1) is 7.11 Å². The average molecular weight is 376 g/mol. The molecule has 1 N–H and O–H groups in total. The number of carbonyl (C=O) groups excluding carboxylic acids is 2. The van der Waals surface area contributed by atoms with Crippen molar-refractivity contribution < 1.29 is 28.9 Å². The molecule has 0 spiro atoms. The molecule has 27 heavy (non-hydrogen) atoms. The molecule has 3 aliphatic carbocycles. The van der Waals surface area contributed by atoms with Crippen molar-refractivity contribution in [2.75, 3.05) is 21.3 Å². The van der Waals surface area contributed by atoms with Gasteiger partial charge in [-0.05, 0) is 43.3 Å². The first-order valence-corrected chi connectivity index (χ1v) is 9.38. The van der Waals surface area contributed by atoms with Gasteiger partial charge in [-0.3, -0.25) is 4.79 Å². The first-order chi connectivity index (χ1) is 12.8. The van der Waals surface area contributed by atoms with E-state index in [0.717, 1.165) is 5.57 Å². The third-order valence-corrected chi connectivity index (χ3v) is 6.41. The average Bonchev–Trinajstić information content (AvgIpc) is 2.68. The predicted molar refractivity (Wildman–Crippen MR) is 99.1 cm³/mol. The third-order valence-electron chi connectivity index (χ3n) is 6.41. The Hall–Kier alpha value is -1.92. The molecule has 1 fully saturated rings. The lowest BCUT2D eigenvalue weighted by Crippen LogP contribution is -2.63. The molecule has 0 aliphatic heterocycles. The van der Waals surface area contributed by atoms with E-state index in [9.17, 15) is 14.7 Å². The molecule has 6 nitrogen and oxygen atoms in total. The van der Waals surface area contributed by atoms with Crippen LogP contribution in [-0.4, -0.2) is 49.4 Å². The lowest BCUT2D eigenvalue weighted by atomic mass is 9.57. The number of ether oxygens (including phenoxy) is 3. The maximum Gasteiger partial charge on any atom is 0.338 e. The van der Waals surface area contributed by atoms with E-state index in [4.69, 9.17) is 14.2 Å².